The van der Waals surface area contributed by atoms with E-state index in [0.29, 0.717) is 29.7 Å². The minimum atomic E-state index is -0.364. The molecule has 1 heterocycles. The smallest absolute Gasteiger partial charge is 0.145 e. The SMILES string of the molecule is Nc1ccc(N2CCOCC2)c(OCc2ccc(F)cc2Cl)c1. The van der Waals surface area contributed by atoms with Gasteiger partial charge in [-0.3, -0.25) is 0 Å². The summed E-state index contributed by atoms with van der Waals surface area (Å²) in [4.78, 5) is 2.20. The number of hydrogen-bond acceptors (Lipinski definition) is 4. The molecule has 1 saturated heterocycles. The van der Waals surface area contributed by atoms with E-state index in [0.717, 1.165) is 24.3 Å². The summed E-state index contributed by atoms with van der Waals surface area (Å²) < 4.78 is 24.4. The van der Waals surface area contributed by atoms with Gasteiger partial charge in [0.25, 0.3) is 0 Å². The van der Waals surface area contributed by atoms with Crippen LogP contribution in [0.3, 0.4) is 0 Å². The van der Waals surface area contributed by atoms with Crippen LogP contribution in [0.5, 0.6) is 5.75 Å². The molecule has 1 aliphatic rings. The summed E-state index contributed by atoms with van der Waals surface area (Å²) in [5, 5.41) is 0.349. The van der Waals surface area contributed by atoms with E-state index in [-0.39, 0.29) is 12.4 Å². The Labute approximate surface area is 139 Å². The van der Waals surface area contributed by atoms with Crippen molar-refractivity contribution in [2.45, 2.75) is 6.61 Å². The summed E-state index contributed by atoms with van der Waals surface area (Å²) in [6, 6.07) is 9.86. The molecule has 0 unspecified atom stereocenters. The average Bonchev–Trinajstić information content (AvgIpc) is 2.55. The van der Waals surface area contributed by atoms with Gasteiger partial charge in [-0.2, -0.15) is 0 Å². The molecule has 2 aromatic carbocycles. The minimum absolute atomic E-state index is 0.250. The molecule has 0 atom stereocenters. The van der Waals surface area contributed by atoms with Crippen LogP contribution in [0.1, 0.15) is 5.56 Å². The lowest BCUT2D eigenvalue weighted by atomic mass is 10.2. The summed E-state index contributed by atoms with van der Waals surface area (Å²) in [7, 11) is 0. The molecular formula is C17H18ClFN2O2. The van der Waals surface area contributed by atoms with Gasteiger partial charge in [0, 0.05) is 30.4 Å². The molecule has 122 valence electrons. The molecule has 23 heavy (non-hydrogen) atoms. The lowest BCUT2D eigenvalue weighted by molar-refractivity contribution is 0.122. The van der Waals surface area contributed by atoms with Crippen molar-refractivity contribution < 1.29 is 13.9 Å². The molecular weight excluding hydrogens is 319 g/mol. The van der Waals surface area contributed by atoms with Gasteiger partial charge in [0.1, 0.15) is 18.2 Å². The van der Waals surface area contributed by atoms with Gasteiger partial charge in [-0.25, -0.2) is 4.39 Å². The number of nitrogen functional groups attached to an aromatic ring is 1. The van der Waals surface area contributed by atoms with E-state index >= 15 is 0 Å². The Kier molecular flexibility index (Phi) is 4.88. The van der Waals surface area contributed by atoms with Gasteiger partial charge in [0.2, 0.25) is 0 Å². The predicted molar refractivity (Wildman–Crippen MR) is 89.6 cm³/mol. The van der Waals surface area contributed by atoms with E-state index in [1.54, 1.807) is 12.1 Å². The third kappa shape index (κ3) is 3.86. The van der Waals surface area contributed by atoms with Gasteiger partial charge in [-0.05, 0) is 24.3 Å². The maximum Gasteiger partial charge on any atom is 0.145 e. The summed E-state index contributed by atoms with van der Waals surface area (Å²) >= 11 is 6.04. The first-order chi connectivity index (χ1) is 11.1. The van der Waals surface area contributed by atoms with Crippen molar-refractivity contribution in [1.82, 2.24) is 0 Å². The number of nitrogens with two attached hydrogens (primary N) is 1. The van der Waals surface area contributed by atoms with Crippen LogP contribution in [0, 0.1) is 5.82 Å². The van der Waals surface area contributed by atoms with Crippen molar-refractivity contribution in [2.75, 3.05) is 36.9 Å². The van der Waals surface area contributed by atoms with E-state index < -0.39 is 0 Å². The monoisotopic (exact) mass is 336 g/mol. The van der Waals surface area contributed by atoms with Crippen LogP contribution in [-0.2, 0) is 11.3 Å². The topological polar surface area (TPSA) is 47.7 Å². The van der Waals surface area contributed by atoms with E-state index in [1.165, 1.54) is 12.1 Å². The standard InChI is InChI=1S/C17H18ClFN2O2/c18-15-9-13(19)2-1-12(15)11-23-17-10-14(20)3-4-16(17)21-5-7-22-8-6-21/h1-4,9-10H,5-8,11,20H2. The van der Waals surface area contributed by atoms with Gasteiger partial charge in [-0.1, -0.05) is 17.7 Å². The molecule has 2 aromatic rings. The highest BCUT2D eigenvalue weighted by Crippen LogP contribution is 2.32. The van der Waals surface area contributed by atoms with Gasteiger partial charge in [0.05, 0.1) is 23.9 Å². The molecule has 2 N–H and O–H groups in total. The van der Waals surface area contributed by atoms with E-state index in [9.17, 15) is 4.39 Å². The van der Waals surface area contributed by atoms with Crippen molar-refractivity contribution in [3.8, 4) is 5.75 Å². The lowest BCUT2D eigenvalue weighted by Gasteiger charge is -2.30. The fraction of sp³-hybridized carbons (Fsp3) is 0.294. The first-order valence-electron chi connectivity index (χ1n) is 7.42. The average molecular weight is 337 g/mol. The zero-order chi connectivity index (χ0) is 16.2. The van der Waals surface area contributed by atoms with Crippen LogP contribution in [0.4, 0.5) is 15.8 Å². The summed E-state index contributed by atoms with van der Waals surface area (Å²) in [5.41, 5.74) is 8.20. The van der Waals surface area contributed by atoms with E-state index in [4.69, 9.17) is 26.8 Å². The summed E-state index contributed by atoms with van der Waals surface area (Å²) in [6.07, 6.45) is 0. The van der Waals surface area contributed by atoms with Crippen LogP contribution >= 0.6 is 11.6 Å². The Morgan fingerprint density at radius 3 is 2.70 bits per heavy atom. The van der Waals surface area contributed by atoms with Crippen molar-refractivity contribution in [3.63, 3.8) is 0 Å². The fourth-order valence-corrected chi connectivity index (χ4v) is 2.73. The van der Waals surface area contributed by atoms with Crippen LogP contribution < -0.4 is 15.4 Å². The molecule has 0 aliphatic carbocycles. The molecule has 0 amide bonds. The largest absolute Gasteiger partial charge is 0.487 e. The van der Waals surface area contributed by atoms with Crippen LogP contribution in [0.25, 0.3) is 0 Å². The number of nitrogens with zero attached hydrogens (tertiary/aromatic N) is 1. The number of rotatable bonds is 4. The molecule has 1 aliphatic heterocycles. The number of morpholine rings is 1. The van der Waals surface area contributed by atoms with Gasteiger partial charge in [0.15, 0.2) is 0 Å². The molecule has 0 radical (unpaired) electrons. The van der Waals surface area contributed by atoms with Crippen LogP contribution in [0.15, 0.2) is 36.4 Å². The highest BCUT2D eigenvalue weighted by atomic mass is 35.5. The number of halogens is 2. The van der Waals surface area contributed by atoms with Crippen molar-refractivity contribution in [1.29, 1.82) is 0 Å². The van der Waals surface area contributed by atoms with Gasteiger partial charge in [-0.15, -0.1) is 0 Å². The Balaban J connectivity index is 1.79. The Morgan fingerprint density at radius 1 is 1.17 bits per heavy atom. The van der Waals surface area contributed by atoms with E-state index in [2.05, 4.69) is 4.90 Å². The first kappa shape index (κ1) is 15.9. The zero-order valence-electron chi connectivity index (χ0n) is 12.6. The molecule has 1 fully saturated rings. The summed E-state index contributed by atoms with van der Waals surface area (Å²) in [5.74, 6) is 0.323. The minimum Gasteiger partial charge on any atom is -0.487 e. The quantitative estimate of drug-likeness (QED) is 0.868. The maximum absolute atomic E-state index is 13.1. The predicted octanol–water partition coefficient (Wildman–Crippen LogP) is 3.48. The molecule has 0 aromatic heterocycles. The second-order valence-corrected chi connectivity index (χ2v) is 5.76. The molecule has 0 saturated carbocycles. The van der Waals surface area contributed by atoms with Crippen molar-refractivity contribution >= 4 is 23.0 Å². The van der Waals surface area contributed by atoms with Gasteiger partial charge >= 0.3 is 0 Å². The first-order valence-corrected chi connectivity index (χ1v) is 7.80. The maximum atomic E-state index is 13.1. The highest BCUT2D eigenvalue weighted by Gasteiger charge is 2.16. The zero-order valence-corrected chi connectivity index (χ0v) is 13.4. The molecule has 0 bridgehead atoms. The summed E-state index contributed by atoms with van der Waals surface area (Å²) in [6.45, 7) is 3.23. The second kappa shape index (κ2) is 7.06. The van der Waals surface area contributed by atoms with E-state index in [1.807, 2.05) is 12.1 Å². The molecule has 0 spiro atoms. The normalized spacial score (nSPS) is 14.8. The third-order valence-electron chi connectivity index (χ3n) is 3.73. The lowest BCUT2D eigenvalue weighted by Crippen LogP contribution is -2.36. The highest BCUT2D eigenvalue weighted by molar-refractivity contribution is 6.31. The number of benzene rings is 2. The number of ether oxygens (including phenoxy) is 2. The molecule has 4 nitrogen and oxygen atoms in total. The third-order valence-corrected chi connectivity index (χ3v) is 4.09. The number of anilines is 2. The number of hydrogen-bond donors (Lipinski definition) is 1. The fourth-order valence-electron chi connectivity index (χ4n) is 2.51. The van der Waals surface area contributed by atoms with Crippen molar-refractivity contribution in [2.24, 2.45) is 0 Å². The van der Waals surface area contributed by atoms with Gasteiger partial charge < -0.3 is 20.1 Å². The Morgan fingerprint density at radius 2 is 1.96 bits per heavy atom. The molecule has 6 heteroatoms. The van der Waals surface area contributed by atoms with Crippen LogP contribution in [-0.4, -0.2) is 26.3 Å². The molecule has 3 rings (SSSR count). The van der Waals surface area contributed by atoms with Crippen LogP contribution in [0.2, 0.25) is 5.02 Å². The Bertz CT molecular complexity index is 690. The second-order valence-electron chi connectivity index (χ2n) is 5.35. The van der Waals surface area contributed by atoms with Crippen molar-refractivity contribution in [3.05, 3.63) is 52.8 Å². The Hall–Kier alpha value is -1.98.